The molecule has 3 rings (SSSR count). The number of carboxylic acid groups (broad SMARTS) is 2. The van der Waals surface area contributed by atoms with Gasteiger partial charge in [0.05, 0.1) is 13.0 Å². The van der Waals surface area contributed by atoms with E-state index in [0.717, 1.165) is 6.42 Å². The van der Waals surface area contributed by atoms with Gasteiger partial charge in [-0.2, -0.15) is 13.2 Å². The number of benzene rings is 1. The van der Waals surface area contributed by atoms with Crippen molar-refractivity contribution >= 4 is 47.4 Å². The number of carbonyl (C=O) groups is 7. The number of guanidine groups is 1. The molecule has 11 N–H and O–H groups in total. The van der Waals surface area contributed by atoms with Gasteiger partial charge in [-0.05, 0) is 31.2 Å². The highest BCUT2D eigenvalue weighted by Crippen LogP contribution is 2.29. The van der Waals surface area contributed by atoms with Crippen LogP contribution in [0, 0.1) is 0 Å². The Hall–Kier alpha value is -5.43. The second kappa shape index (κ2) is 18.9. The summed E-state index contributed by atoms with van der Waals surface area (Å²) in [5.74, 6) is -7.86. The molecule has 17 nitrogen and oxygen atoms in total. The van der Waals surface area contributed by atoms with Crippen molar-refractivity contribution in [2.45, 2.75) is 87.6 Å². The first-order valence-electron chi connectivity index (χ1n) is 15.5. The Morgan fingerprint density at radius 2 is 1.48 bits per heavy atom. The van der Waals surface area contributed by atoms with Crippen LogP contribution < -0.4 is 38.1 Å². The SMILES string of the molecule is NC(N)=NCCC[C@@H]1NC(=O)C2(CCCCC2)NC(=O)[C@@H](Cc2ccccc2)NC(=O)[C@H](CC(=O)O)NC(=O)CNC1=O.O=C(O)C(F)(F)F. The van der Waals surface area contributed by atoms with Gasteiger partial charge in [-0.1, -0.05) is 49.6 Å². The van der Waals surface area contributed by atoms with Gasteiger partial charge in [0.25, 0.3) is 0 Å². The van der Waals surface area contributed by atoms with Crippen LogP contribution in [0.3, 0.4) is 0 Å². The van der Waals surface area contributed by atoms with E-state index in [-0.39, 0.29) is 25.3 Å². The lowest BCUT2D eigenvalue weighted by Gasteiger charge is -2.38. The van der Waals surface area contributed by atoms with E-state index in [0.29, 0.717) is 37.7 Å². The maximum Gasteiger partial charge on any atom is 0.490 e. The number of nitrogens with one attached hydrogen (secondary N) is 5. The molecule has 0 bridgehead atoms. The number of halogens is 3. The lowest BCUT2D eigenvalue weighted by molar-refractivity contribution is -0.192. The van der Waals surface area contributed by atoms with Crippen LogP contribution in [0.1, 0.15) is 56.9 Å². The topological polar surface area (TPSA) is 284 Å². The molecule has 20 heteroatoms. The fraction of sp³-hybridized carbons (Fsp3) is 0.533. The molecule has 5 amide bonds. The van der Waals surface area contributed by atoms with Gasteiger partial charge < -0.3 is 48.3 Å². The van der Waals surface area contributed by atoms with Crippen molar-refractivity contribution in [2.75, 3.05) is 13.1 Å². The molecule has 1 heterocycles. The zero-order valence-corrected chi connectivity index (χ0v) is 26.9. The highest BCUT2D eigenvalue weighted by atomic mass is 19.4. The van der Waals surface area contributed by atoms with E-state index in [1.807, 2.05) is 0 Å². The molecule has 0 aromatic heterocycles. The van der Waals surface area contributed by atoms with Crippen LogP contribution in [0.2, 0.25) is 0 Å². The monoisotopic (exact) mass is 714 g/mol. The highest BCUT2D eigenvalue weighted by Gasteiger charge is 2.44. The van der Waals surface area contributed by atoms with E-state index in [9.17, 15) is 47.0 Å². The third-order valence-electron chi connectivity index (χ3n) is 7.68. The average Bonchev–Trinajstić information content (AvgIpc) is 3.04. The second-order valence-electron chi connectivity index (χ2n) is 11.6. The van der Waals surface area contributed by atoms with Crippen molar-refractivity contribution in [3.8, 4) is 0 Å². The van der Waals surface area contributed by atoms with Crippen molar-refractivity contribution in [3.05, 3.63) is 35.9 Å². The number of aliphatic carboxylic acids is 2. The van der Waals surface area contributed by atoms with E-state index in [4.69, 9.17) is 21.4 Å². The summed E-state index contributed by atoms with van der Waals surface area (Å²) >= 11 is 0. The number of carboxylic acids is 2. The Labute approximate surface area is 284 Å². The summed E-state index contributed by atoms with van der Waals surface area (Å²) in [6.45, 7) is -0.394. The molecular formula is C30H41F3N8O9. The minimum Gasteiger partial charge on any atom is -0.481 e. The van der Waals surface area contributed by atoms with Gasteiger partial charge in [0.1, 0.15) is 23.7 Å². The first kappa shape index (κ1) is 40.7. The van der Waals surface area contributed by atoms with Crippen LogP contribution in [-0.4, -0.2) is 101 Å². The summed E-state index contributed by atoms with van der Waals surface area (Å²) in [5, 5.41) is 29.5. The van der Waals surface area contributed by atoms with Crippen molar-refractivity contribution in [1.29, 1.82) is 0 Å². The number of hydrogen-bond acceptors (Lipinski definition) is 8. The summed E-state index contributed by atoms with van der Waals surface area (Å²) in [7, 11) is 0. The van der Waals surface area contributed by atoms with E-state index >= 15 is 0 Å². The number of rotatable bonds is 8. The zero-order chi connectivity index (χ0) is 37.5. The van der Waals surface area contributed by atoms with Crippen molar-refractivity contribution in [3.63, 3.8) is 0 Å². The van der Waals surface area contributed by atoms with Crippen LogP contribution in [0.4, 0.5) is 13.2 Å². The van der Waals surface area contributed by atoms with Gasteiger partial charge >= 0.3 is 18.1 Å². The molecule has 50 heavy (non-hydrogen) atoms. The van der Waals surface area contributed by atoms with E-state index in [1.54, 1.807) is 30.3 Å². The Bertz CT molecular complexity index is 1420. The Morgan fingerprint density at radius 1 is 0.860 bits per heavy atom. The lowest BCUT2D eigenvalue weighted by atomic mass is 9.80. The third kappa shape index (κ3) is 13.6. The predicted octanol–water partition coefficient (Wildman–Crippen LogP) is -1.21. The molecule has 2 aliphatic rings. The van der Waals surface area contributed by atoms with Gasteiger partial charge in [-0.3, -0.25) is 33.8 Å². The minimum atomic E-state index is -5.08. The van der Waals surface area contributed by atoms with Crippen LogP contribution >= 0.6 is 0 Å². The van der Waals surface area contributed by atoms with Gasteiger partial charge in [0.2, 0.25) is 29.5 Å². The zero-order valence-electron chi connectivity index (χ0n) is 26.9. The van der Waals surface area contributed by atoms with Gasteiger partial charge in [-0.25, -0.2) is 4.79 Å². The maximum absolute atomic E-state index is 13.8. The number of aliphatic imine (C=N–C) groups is 1. The maximum atomic E-state index is 13.8. The summed E-state index contributed by atoms with van der Waals surface area (Å²) in [6.07, 6.45) is -2.62. The average molecular weight is 715 g/mol. The molecule has 1 aliphatic carbocycles. The van der Waals surface area contributed by atoms with Crippen LogP contribution in [0.5, 0.6) is 0 Å². The first-order chi connectivity index (χ1) is 23.4. The van der Waals surface area contributed by atoms with Crippen LogP contribution in [-0.2, 0) is 40.0 Å². The molecule has 276 valence electrons. The van der Waals surface area contributed by atoms with Crippen molar-refractivity contribution in [2.24, 2.45) is 16.5 Å². The molecule has 0 radical (unpaired) electrons. The number of nitrogens with two attached hydrogens (primary N) is 2. The fourth-order valence-electron chi connectivity index (χ4n) is 5.21. The van der Waals surface area contributed by atoms with E-state index < -0.39 is 84.3 Å². The second-order valence-corrected chi connectivity index (χ2v) is 11.6. The quantitative estimate of drug-likeness (QED) is 0.0875. The minimum absolute atomic E-state index is 0.0390. The summed E-state index contributed by atoms with van der Waals surface area (Å²) in [6, 6.07) is 5.03. The van der Waals surface area contributed by atoms with Gasteiger partial charge in [0.15, 0.2) is 5.96 Å². The molecule has 1 aromatic carbocycles. The number of nitrogens with zero attached hydrogens (tertiary/aromatic N) is 1. The molecule has 2 fully saturated rings. The molecule has 1 aliphatic heterocycles. The number of amides is 5. The molecule has 0 unspecified atom stereocenters. The number of alkyl halides is 3. The smallest absolute Gasteiger partial charge is 0.481 e. The fourth-order valence-corrected chi connectivity index (χ4v) is 5.21. The molecule has 1 aromatic rings. The molecule has 1 saturated heterocycles. The van der Waals surface area contributed by atoms with Crippen LogP contribution in [0.15, 0.2) is 35.3 Å². The van der Waals surface area contributed by atoms with E-state index in [2.05, 4.69) is 31.6 Å². The predicted molar refractivity (Wildman–Crippen MR) is 169 cm³/mol. The Morgan fingerprint density at radius 3 is 2.04 bits per heavy atom. The molecule has 1 saturated carbocycles. The highest BCUT2D eigenvalue weighted by molar-refractivity contribution is 5.99. The Balaban J connectivity index is 0.00000112. The molecular weight excluding hydrogens is 673 g/mol. The normalized spacial score (nSPS) is 21.7. The van der Waals surface area contributed by atoms with E-state index in [1.165, 1.54) is 0 Å². The standard InChI is InChI=1S/C28H40N8O7.C2HF3O2/c29-27(30)31-13-7-10-18-23(40)32-16-21(37)33-20(15-22(38)39)24(41)34-19(14-17-8-3-1-4-9-17)25(42)36-28(26(43)35-18)11-5-2-6-12-28;3-2(4,5)1(6)7/h1,3-4,8-9,18-20H,2,5-7,10-16H2,(H,32,40)(H,33,37)(H,34,41)(H,35,43)(H,36,42)(H,38,39)(H4,29,30,31);(H,6,7)/t18-,19+,20-;/m0./s1. The summed E-state index contributed by atoms with van der Waals surface area (Å²) in [4.78, 5) is 91.0. The number of carbonyl (C=O) groups excluding carboxylic acids is 5. The summed E-state index contributed by atoms with van der Waals surface area (Å²) in [5.41, 5.74) is 10.1. The molecule has 3 atom stereocenters. The first-order valence-corrected chi connectivity index (χ1v) is 15.5. The molecule has 1 spiro atoms. The van der Waals surface area contributed by atoms with Crippen LogP contribution in [0.25, 0.3) is 0 Å². The third-order valence-corrected chi connectivity index (χ3v) is 7.68. The lowest BCUT2D eigenvalue weighted by Crippen LogP contribution is -2.65. The largest absolute Gasteiger partial charge is 0.490 e. The van der Waals surface area contributed by atoms with Crippen molar-refractivity contribution < 1.29 is 56.9 Å². The van der Waals surface area contributed by atoms with Gasteiger partial charge in [0, 0.05) is 13.0 Å². The number of hydrogen-bond donors (Lipinski definition) is 9. The van der Waals surface area contributed by atoms with Gasteiger partial charge in [-0.15, -0.1) is 0 Å². The summed E-state index contributed by atoms with van der Waals surface area (Å²) < 4.78 is 31.7. The Kier molecular flexibility index (Phi) is 15.4. The van der Waals surface area contributed by atoms with Crippen molar-refractivity contribution in [1.82, 2.24) is 26.6 Å².